The first-order chi connectivity index (χ1) is 12.2. The number of carbonyl (C=O) groups excluding carboxylic acids is 2. The van der Waals surface area contributed by atoms with E-state index in [4.69, 9.17) is 15.2 Å². The lowest BCUT2D eigenvalue weighted by Crippen LogP contribution is -2.71. The van der Waals surface area contributed by atoms with Gasteiger partial charge in [0.1, 0.15) is 0 Å². The van der Waals surface area contributed by atoms with Gasteiger partial charge in [0, 0.05) is 4.47 Å². The molecular formula is C18H24BrNO6. The first-order valence-corrected chi connectivity index (χ1v) is 9.28. The van der Waals surface area contributed by atoms with E-state index in [1.54, 1.807) is 38.1 Å². The minimum Gasteiger partial charge on any atom is -0.464 e. The van der Waals surface area contributed by atoms with Gasteiger partial charge in [0.25, 0.3) is 0 Å². The summed E-state index contributed by atoms with van der Waals surface area (Å²) in [5.74, 6) is -2.42. The second-order valence-electron chi connectivity index (χ2n) is 6.42. The number of carbonyl (C=O) groups is 2. The number of hydrogen-bond donors (Lipinski definition) is 3. The van der Waals surface area contributed by atoms with Crippen LogP contribution >= 0.6 is 15.9 Å². The van der Waals surface area contributed by atoms with E-state index in [-0.39, 0.29) is 26.1 Å². The first-order valence-electron chi connectivity index (χ1n) is 8.49. The summed E-state index contributed by atoms with van der Waals surface area (Å²) in [6.45, 7) is 3.27. The fourth-order valence-corrected chi connectivity index (χ4v) is 3.64. The van der Waals surface area contributed by atoms with Gasteiger partial charge in [-0.15, -0.1) is 0 Å². The highest BCUT2D eigenvalue weighted by atomic mass is 79.9. The van der Waals surface area contributed by atoms with E-state index in [1.165, 1.54) is 0 Å². The molecule has 0 radical (unpaired) electrons. The van der Waals surface area contributed by atoms with Gasteiger partial charge in [-0.25, -0.2) is 9.59 Å². The Morgan fingerprint density at radius 1 is 1.08 bits per heavy atom. The Morgan fingerprint density at radius 2 is 1.50 bits per heavy atom. The summed E-state index contributed by atoms with van der Waals surface area (Å²) in [7, 11) is 0. The monoisotopic (exact) mass is 429 g/mol. The second kappa shape index (κ2) is 8.04. The lowest BCUT2D eigenvalue weighted by atomic mass is 9.64. The van der Waals surface area contributed by atoms with Gasteiger partial charge in [-0.2, -0.15) is 0 Å². The van der Waals surface area contributed by atoms with Crippen molar-refractivity contribution < 1.29 is 29.3 Å². The zero-order valence-corrected chi connectivity index (χ0v) is 16.4. The number of benzene rings is 1. The van der Waals surface area contributed by atoms with Crippen molar-refractivity contribution in [1.29, 1.82) is 0 Å². The van der Waals surface area contributed by atoms with E-state index in [1.807, 2.05) is 0 Å². The van der Waals surface area contributed by atoms with Gasteiger partial charge in [-0.1, -0.05) is 28.1 Å². The minimum absolute atomic E-state index is 0.0364. The molecule has 0 spiro atoms. The molecule has 1 aromatic rings. The quantitative estimate of drug-likeness (QED) is 0.602. The van der Waals surface area contributed by atoms with Gasteiger partial charge in [-0.3, -0.25) is 0 Å². The van der Waals surface area contributed by atoms with Crippen molar-refractivity contribution in [3.8, 4) is 0 Å². The van der Waals surface area contributed by atoms with E-state index >= 15 is 0 Å². The Hall–Kier alpha value is -1.48. The summed E-state index contributed by atoms with van der Waals surface area (Å²) in [4.78, 5) is 24.8. The van der Waals surface area contributed by atoms with Crippen LogP contribution < -0.4 is 5.73 Å². The molecule has 0 saturated heterocycles. The molecule has 8 heteroatoms. The predicted octanol–water partition coefficient (Wildman–Crippen LogP) is 1.24. The Bertz CT molecular complexity index is 632. The maximum Gasteiger partial charge on any atom is 0.339 e. The Morgan fingerprint density at radius 3 is 1.88 bits per heavy atom. The van der Waals surface area contributed by atoms with Crippen molar-refractivity contribution in [3.05, 3.63) is 34.3 Å². The number of hydrogen-bond acceptors (Lipinski definition) is 7. The molecule has 1 saturated carbocycles. The molecule has 26 heavy (non-hydrogen) atoms. The Balaban J connectivity index is 2.47. The third-order valence-corrected chi connectivity index (χ3v) is 5.27. The highest BCUT2D eigenvalue weighted by Gasteiger charge is 2.62. The lowest BCUT2D eigenvalue weighted by molar-refractivity contribution is -0.198. The molecule has 1 aliphatic carbocycles. The van der Waals surface area contributed by atoms with Crippen molar-refractivity contribution in [2.24, 2.45) is 5.73 Å². The molecule has 0 aliphatic heterocycles. The van der Waals surface area contributed by atoms with Gasteiger partial charge >= 0.3 is 11.9 Å². The second-order valence-corrected chi connectivity index (χ2v) is 7.34. The molecule has 0 heterocycles. The SMILES string of the molecule is CCOC(=O)[C@]1(O)C[C@H](c2ccc(Br)cc2)C[C@](O)(C(=O)OCC)[C@H]1N. The number of ether oxygens (including phenoxy) is 2. The van der Waals surface area contributed by atoms with Gasteiger partial charge in [0.2, 0.25) is 0 Å². The Labute approximate surface area is 160 Å². The summed E-state index contributed by atoms with van der Waals surface area (Å²) in [5, 5.41) is 22.0. The molecule has 0 aromatic heterocycles. The third kappa shape index (κ3) is 3.78. The van der Waals surface area contributed by atoms with Crippen molar-refractivity contribution >= 4 is 27.9 Å². The van der Waals surface area contributed by atoms with Crippen LogP contribution in [0, 0.1) is 0 Å². The molecule has 0 amide bonds. The molecule has 4 N–H and O–H groups in total. The van der Waals surface area contributed by atoms with Crippen molar-refractivity contribution in [3.63, 3.8) is 0 Å². The van der Waals surface area contributed by atoms with Crippen LogP contribution in [-0.2, 0) is 19.1 Å². The molecular weight excluding hydrogens is 406 g/mol. The van der Waals surface area contributed by atoms with Crippen LogP contribution in [0.25, 0.3) is 0 Å². The van der Waals surface area contributed by atoms with Crippen LogP contribution in [-0.4, -0.2) is 52.6 Å². The predicted molar refractivity (Wildman–Crippen MR) is 97.3 cm³/mol. The molecule has 7 nitrogen and oxygen atoms in total. The summed E-state index contributed by atoms with van der Waals surface area (Å²) >= 11 is 3.34. The average molecular weight is 430 g/mol. The van der Waals surface area contributed by atoms with Crippen molar-refractivity contribution in [2.45, 2.75) is 49.9 Å². The largest absolute Gasteiger partial charge is 0.464 e. The Kier molecular flexibility index (Phi) is 6.44. The van der Waals surface area contributed by atoms with Crippen LogP contribution in [0.5, 0.6) is 0 Å². The topological polar surface area (TPSA) is 119 Å². The molecule has 1 aromatic carbocycles. The summed E-state index contributed by atoms with van der Waals surface area (Å²) in [6.07, 6.45) is -0.146. The highest BCUT2D eigenvalue weighted by molar-refractivity contribution is 9.10. The zero-order valence-electron chi connectivity index (χ0n) is 14.8. The van der Waals surface area contributed by atoms with Crippen LogP contribution in [0.2, 0.25) is 0 Å². The van der Waals surface area contributed by atoms with Crippen LogP contribution in [0.4, 0.5) is 0 Å². The number of halogens is 1. The van der Waals surface area contributed by atoms with E-state index in [0.717, 1.165) is 10.0 Å². The number of rotatable bonds is 5. The van der Waals surface area contributed by atoms with Crippen molar-refractivity contribution in [2.75, 3.05) is 13.2 Å². The third-order valence-electron chi connectivity index (χ3n) is 4.74. The maximum absolute atomic E-state index is 12.4. The highest BCUT2D eigenvalue weighted by Crippen LogP contribution is 2.44. The van der Waals surface area contributed by atoms with Crippen LogP contribution in [0.1, 0.15) is 38.2 Å². The van der Waals surface area contributed by atoms with E-state index in [0.29, 0.717) is 0 Å². The first kappa shape index (κ1) is 20.8. The van der Waals surface area contributed by atoms with Crippen LogP contribution in [0.15, 0.2) is 28.7 Å². The minimum atomic E-state index is -2.21. The average Bonchev–Trinajstić information content (AvgIpc) is 2.60. The van der Waals surface area contributed by atoms with Gasteiger partial charge < -0.3 is 25.4 Å². The molecule has 0 bridgehead atoms. The van der Waals surface area contributed by atoms with Gasteiger partial charge in [0.05, 0.1) is 19.3 Å². The fraction of sp³-hybridized carbons (Fsp3) is 0.556. The summed E-state index contributed by atoms with van der Waals surface area (Å²) in [5.41, 5.74) is 2.33. The number of nitrogens with two attached hydrogens (primary N) is 1. The van der Waals surface area contributed by atoms with Crippen LogP contribution in [0.3, 0.4) is 0 Å². The number of esters is 2. The zero-order chi connectivity index (χ0) is 19.5. The normalized spacial score (nSPS) is 31.3. The maximum atomic E-state index is 12.4. The van der Waals surface area contributed by atoms with Crippen molar-refractivity contribution in [1.82, 2.24) is 0 Å². The summed E-state index contributed by atoms with van der Waals surface area (Å²) < 4.78 is 10.8. The standard InChI is InChI=1S/C18H24BrNO6/c1-3-25-15(21)17(23)9-12(11-5-7-13(19)8-6-11)10-18(24,14(17)20)16(22)26-4-2/h5-8,12,14,23-24H,3-4,9-10,20H2,1-2H3/t12-,14-,17-,18+. The summed E-state index contributed by atoms with van der Waals surface area (Å²) in [6, 6.07) is 5.62. The lowest BCUT2D eigenvalue weighted by Gasteiger charge is -2.47. The smallest absolute Gasteiger partial charge is 0.339 e. The van der Waals surface area contributed by atoms with Gasteiger partial charge in [-0.05, 0) is 50.3 Å². The molecule has 4 atom stereocenters. The van der Waals surface area contributed by atoms with E-state index < -0.39 is 35.1 Å². The van der Waals surface area contributed by atoms with E-state index in [2.05, 4.69) is 15.9 Å². The molecule has 1 aliphatic rings. The number of aliphatic hydroxyl groups is 2. The van der Waals surface area contributed by atoms with E-state index in [9.17, 15) is 19.8 Å². The molecule has 1 fully saturated rings. The molecule has 2 rings (SSSR count). The molecule has 144 valence electrons. The molecule has 0 unspecified atom stereocenters. The fourth-order valence-electron chi connectivity index (χ4n) is 3.38. The van der Waals surface area contributed by atoms with Gasteiger partial charge in [0.15, 0.2) is 11.2 Å².